The number of sulfonamides is 1. The Morgan fingerprint density at radius 2 is 1.62 bits per heavy atom. The van der Waals surface area contributed by atoms with Crippen LogP contribution in [0.3, 0.4) is 0 Å². The number of benzene rings is 3. The summed E-state index contributed by atoms with van der Waals surface area (Å²) in [6.45, 7) is 4.08. The number of nitrogens with zero attached hydrogens (tertiary/aromatic N) is 1. The molecule has 0 atom stereocenters. The van der Waals surface area contributed by atoms with E-state index in [-0.39, 0.29) is 18.4 Å². The molecule has 0 aromatic heterocycles. The Morgan fingerprint density at radius 1 is 0.966 bits per heavy atom. The van der Waals surface area contributed by atoms with E-state index in [4.69, 9.17) is 0 Å². The van der Waals surface area contributed by atoms with Crippen LogP contribution in [0.2, 0.25) is 0 Å². The number of rotatable bonds is 7. The zero-order chi connectivity index (χ0) is 21.0. The highest BCUT2D eigenvalue weighted by molar-refractivity contribution is 7.92. The molecule has 6 heteroatoms. The van der Waals surface area contributed by atoms with Crippen molar-refractivity contribution < 1.29 is 13.2 Å². The molecular formula is C23H26N2O3S. The van der Waals surface area contributed by atoms with Gasteiger partial charge in [-0.1, -0.05) is 68.4 Å². The molecule has 3 aromatic carbocycles. The third-order valence-electron chi connectivity index (χ3n) is 4.82. The largest absolute Gasteiger partial charge is 0.350 e. The van der Waals surface area contributed by atoms with Gasteiger partial charge in [-0.25, -0.2) is 8.42 Å². The Kier molecular flexibility index (Phi) is 6.23. The maximum Gasteiger partial charge on any atom is 0.241 e. The van der Waals surface area contributed by atoms with Gasteiger partial charge in [-0.3, -0.25) is 9.10 Å². The molecule has 5 nitrogen and oxygen atoms in total. The lowest BCUT2D eigenvalue weighted by Gasteiger charge is -2.25. The van der Waals surface area contributed by atoms with Crippen LogP contribution in [0.25, 0.3) is 10.8 Å². The molecule has 0 heterocycles. The molecule has 1 amide bonds. The van der Waals surface area contributed by atoms with Crippen LogP contribution in [-0.4, -0.2) is 27.1 Å². The van der Waals surface area contributed by atoms with Crippen molar-refractivity contribution in [3.05, 3.63) is 77.9 Å². The van der Waals surface area contributed by atoms with Gasteiger partial charge in [0.25, 0.3) is 0 Å². The maximum atomic E-state index is 12.6. The zero-order valence-corrected chi connectivity index (χ0v) is 17.7. The third kappa shape index (κ3) is 5.15. The Hall–Kier alpha value is -2.86. The Bertz CT molecular complexity index is 1120. The van der Waals surface area contributed by atoms with Crippen molar-refractivity contribution in [2.24, 2.45) is 0 Å². The average Bonchev–Trinajstić information content (AvgIpc) is 2.69. The van der Waals surface area contributed by atoms with Crippen LogP contribution in [0.1, 0.15) is 30.9 Å². The van der Waals surface area contributed by atoms with Gasteiger partial charge in [0.1, 0.15) is 6.54 Å². The number of carbonyl (C=O) groups excluding carboxylic acids is 1. The fourth-order valence-corrected chi connectivity index (χ4v) is 4.20. The van der Waals surface area contributed by atoms with E-state index in [1.54, 1.807) is 12.1 Å². The summed E-state index contributed by atoms with van der Waals surface area (Å²) in [7, 11) is -3.61. The number of anilines is 1. The topological polar surface area (TPSA) is 66.5 Å². The molecule has 29 heavy (non-hydrogen) atoms. The zero-order valence-electron chi connectivity index (χ0n) is 16.9. The van der Waals surface area contributed by atoms with Gasteiger partial charge in [0.2, 0.25) is 15.9 Å². The number of nitrogens with one attached hydrogen (secondary N) is 1. The quantitative estimate of drug-likeness (QED) is 0.639. The van der Waals surface area contributed by atoms with E-state index < -0.39 is 10.0 Å². The molecule has 1 N–H and O–H groups in total. The van der Waals surface area contributed by atoms with Crippen molar-refractivity contribution in [1.29, 1.82) is 0 Å². The van der Waals surface area contributed by atoms with E-state index in [1.807, 2.05) is 68.4 Å². The van der Waals surface area contributed by atoms with Crippen LogP contribution in [0.15, 0.2) is 66.7 Å². The summed E-state index contributed by atoms with van der Waals surface area (Å²) in [5, 5.41) is 5.07. The van der Waals surface area contributed by atoms with Crippen LogP contribution < -0.4 is 9.62 Å². The summed E-state index contributed by atoms with van der Waals surface area (Å²) in [5.74, 6) is -0.210. The summed E-state index contributed by atoms with van der Waals surface area (Å²) in [5.41, 5.74) is 2.40. The Balaban J connectivity index is 1.75. The van der Waals surface area contributed by atoms with Gasteiger partial charge in [-0.05, 0) is 39.9 Å². The van der Waals surface area contributed by atoms with Crippen LogP contribution >= 0.6 is 0 Å². The van der Waals surface area contributed by atoms with Gasteiger partial charge >= 0.3 is 0 Å². The minimum atomic E-state index is -3.61. The normalized spacial score (nSPS) is 11.6. The van der Waals surface area contributed by atoms with E-state index in [0.717, 1.165) is 28.2 Å². The summed E-state index contributed by atoms with van der Waals surface area (Å²) in [6, 6.07) is 21.3. The number of hydrogen-bond acceptors (Lipinski definition) is 3. The van der Waals surface area contributed by atoms with Gasteiger partial charge in [0.15, 0.2) is 0 Å². The summed E-state index contributed by atoms with van der Waals surface area (Å²) in [4.78, 5) is 12.6. The molecule has 0 aliphatic carbocycles. The van der Waals surface area contributed by atoms with E-state index in [0.29, 0.717) is 12.2 Å². The molecule has 0 fully saturated rings. The lowest BCUT2D eigenvalue weighted by Crippen LogP contribution is -2.40. The van der Waals surface area contributed by atoms with Crippen molar-refractivity contribution >= 4 is 32.4 Å². The first-order valence-electron chi connectivity index (χ1n) is 9.56. The second-order valence-electron chi connectivity index (χ2n) is 7.44. The molecule has 0 saturated heterocycles. The lowest BCUT2D eigenvalue weighted by molar-refractivity contribution is -0.119. The Labute approximate surface area is 172 Å². The summed E-state index contributed by atoms with van der Waals surface area (Å²) >= 11 is 0. The van der Waals surface area contributed by atoms with E-state index in [1.165, 1.54) is 4.31 Å². The number of carbonyl (C=O) groups is 1. The van der Waals surface area contributed by atoms with Gasteiger partial charge in [0, 0.05) is 6.54 Å². The SMILES string of the molecule is CC(C)c1ccccc1N(CC(=O)NCc1ccc2ccccc2c1)S(C)(=O)=O. The highest BCUT2D eigenvalue weighted by atomic mass is 32.2. The molecule has 0 spiro atoms. The predicted octanol–water partition coefficient (Wildman–Crippen LogP) is 4.05. The fourth-order valence-electron chi connectivity index (χ4n) is 3.32. The molecule has 0 saturated carbocycles. The first kappa shape index (κ1) is 20.9. The Morgan fingerprint density at radius 3 is 2.31 bits per heavy atom. The second-order valence-corrected chi connectivity index (χ2v) is 9.35. The summed E-state index contributed by atoms with van der Waals surface area (Å²) < 4.78 is 26.0. The molecule has 0 radical (unpaired) electrons. The number of amides is 1. The standard InChI is InChI=1S/C23H26N2O3S/c1-17(2)21-10-6-7-11-22(21)25(29(3,27)28)16-23(26)24-15-18-12-13-19-8-4-5-9-20(19)14-18/h4-14,17H,15-16H2,1-3H3,(H,24,26). The van der Waals surface area contributed by atoms with Gasteiger partial charge < -0.3 is 5.32 Å². The minimum absolute atomic E-state index is 0.135. The molecule has 0 bridgehead atoms. The maximum absolute atomic E-state index is 12.6. The van der Waals surface area contributed by atoms with Gasteiger partial charge in [0.05, 0.1) is 11.9 Å². The molecule has 0 aliphatic heterocycles. The molecule has 3 aromatic rings. The van der Waals surface area contributed by atoms with Gasteiger partial charge in [-0.2, -0.15) is 0 Å². The first-order valence-corrected chi connectivity index (χ1v) is 11.4. The van der Waals surface area contributed by atoms with Gasteiger partial charge in [-0.15, -0.1) is 0 Å². The highest BCUT2D eigenvalue weighted by Gasteiger charge is 2.23. The lowest BCUT2D eigenvalue weighted by atomic mass is 10.0. The van der Waals surface area contributed by atoms with Crippen LogP contribution in [0.4, 0.5) is 5.69 Å². The van der Waals surface area contributed by atoms with Crippen molar-refractivity contribution in [3.63, 3.8) is 0 Å². The van der Waals surface area contributed by atoms with E-state index in [2.05, 4.69) is 5.32 Å². The third-order valence-corrected chi connectivity index (χ3v) is 5.95. The van der Waals surface area contributed by atoms with Crippen molar-refractivity contribution in [2.45, 2.75) is 26.3 Å². The monoisotopic (exact) mass is 410 g/mol. The fraction of sp³-hybridized carbons (Fsp3) is 0.261. The summed E-state index contributed by atoms with van der Waals surface area (Å²) in [6.07, 6.45) is 1.13. The van der Waals surface area contributed by atoms with E-state index >= 15 is 0 Å². The molecular weight excluding hydrogens is 384 g/mol. The first-order chi connectivity index (χ1) is 13.8. The predicted molar refractivity (Wildman–Crippen MR) is 119 cm³/mol. The van der Waals surface area contributed by atoms with Crippen LogP contribution in [0.5, 0.6) is 0 Å². The van der Waals surface area contributed by atoms with Crippen LogP contribution in [-0.2, 0) is 21.4 Å². The molecule has 3 rings (SSSR count). The van der Waals surface area contributed by atoms with Crippen molar-refractivity contribution in [2.75, 3.05) is 17.1 Å². The number of fused-ring (bicyclic) bond motifs is 1. The molecule has 152 valence electrons. The number of hydrogen-bond donors (Lipinski definition) is 1. The highest BCUT2D eigenvalue weighted by Crippen LogP contribution is 2.28. The van der Waals surface area contributed by atoms with Crippen LogP contribution in [0, 0.1) is 0 Å². The van der Waals surface area contributed by atoms with Crippen molar-refractivity contribution in [3.8, 4) is 0 Å². The number of para-hydroxylation sites is 1. The molecule has 0 unspecified atom stereocenters. The average molecular weight is 411 g/mol. The van der Waals surface area contributed by atoms with E-state index in [9.17, 15) is 13.2 Å². The smallest absolute Gasteiger partial charge is 0.241 e. The second kappa shape index (κ2) is 8.66. The minimum Gasteiger partial charge on any atom is -0.350 e. The molecule has 0 aliphatic rings. The van der Waals surface area contributed by atoms with Crippen molar-refractivity contribution in [1.82, 2.24) is 5.32 Å².